The van der Waals surface area contributed by atoms with E-state index in [1.165, 1.54) is 22.3 Å². The predicted molar refractivity (Wildman–Crippen MR) is 133 cm³/mol. The van der Waals surface area contributed by atoms with Gasteiger partial charge in [0.25, 0.3) is 5.91 Å². The first-order valence-electron chi connectivity index (χ1n) is 10.8. The van der Waals surface area contributed by atoms with Gasteiger partial charge in [-0.1, -0.05) is 41.9 Å². The quantitative estimate of drug-likeness (QED) is 0.297. The molecule has 35 heavy (non-hydrogen) atoms. The van der Waals surface area contributed by atoms with E-state index in [1.807, 2.05) is 42.5 Å². The Morgan fingerprint density at radius 3 is 2.69 bits per heavy atom. The van der Waals surface area contributed by atoms with Gasteiger partial charge in [-0.25, -0.2) is 9.67 Å². The Morgan fingerprint density at radius 2 is 1.97 bits per heavy atom. The Labute approximate surface area is 210 Å². The van der Waals surface area contributed by atoms with Gasteiger partial charge in [0, 0.05) is 16.9 Å². The Morgan fingerprint density at radius 1 is 1.14 bits per heavy atom. The zero-order valence-electron chi connectivity index (χ0n) is 18.6. The molecule has 0 spiro atoms. The number of anilines is 1. The molecule has 0 saturated carbocycles. The predicted octanol–water partition coefficient (Wildman–Crippen LogP) is 2.44. The van der Waals surface area contributed by atoms with Gasteiger partial charge in [-0.05, 0) is 59.0 Å². The summed E-state index contributed by atoms with van der Waals surface area (Å²) in [6, 6.07) is 14.4. The Balaban J connectivity index is 1.42. The average molecular weight is 511 g/mol. The molecule has 2 aromatic carbocycles. The van der Waals surface area contributed by atoms with Crippen LogP contribution >= 0.6 is 22.9 Å². The molecular weight excluding hydrogens is 488 g/mol. The minimum absolute atomic E-state index is 0.190. The van der Waals surface area contributed by atoms with E-state index in [0.29, 0.717) is 36.0 Å². The molecule has 2 amide bonds. The average Bonchev–Trinajstić information content (AvgIpc) is 3.54. The number of aromatic nitrogens is 5. The Hall–Kier alpha value is -3.83. The molecule has 0 aliphatic carbocycles. The van der Waals surface area contributed by atoms with Crippen molar-refractivity contribution < 1.29 is 9.59 Å². The number of carbonyl (C=O) groups is 2. The van der Waals surface area contributed by atoms with Crippen molar-refractivity contribution in [1.82, 2.24) is 35.8 Å². The van der Waals surface area contributed by atoms with Crippen molar-refractivity contribution in [3.05, 3.63) is 82.1 Å². The summed E-state index contributed by atoms with van der Waals surface area (Å²) in [6.07, 6.45) is 3.03. The summed E-state index contributed by atoms with van der Waals surface area (Å²) in [5.41, 5.74) is 8.54. The van der Waals surface area contributed by atoms with Crippen LogP contribution in [0.3, 0.4) is 0 Å². The maximum atomic E-state index is 13.1. The summed E-state index contributed by atoms with van der Waals surface area (Å²) in [4.78, 5) is 29.7. The number of nitrogens with zero attached hydrogens (tertiary/aromatic N) is 5. The van der Waals surface area contributed by atoms with Gasteiger partial charge in [0.2, 0.25) is 5.91 Å². The minimum atomic E-state index is -0.746. The molecule has 0 saturated heterocycles. The third kappa shape index (κ3) is 6.61. The van der Waals surface area contributed by atoms with Crippen molar-refractivity contribution in [3.63, 3.8) is 0 Å². The first kappa shape index (κ1) is 24.3. The van der Waals surface area contributed by atoms with Gasteiger partial charge >= 0.3 is 0 Å². The summed E-state index contributed by atoms with van der Waals surface area (Å²) in [5.74, 6) is -0.731. The lowest BCUT2D eigenvalue weighted by Crippen LogP contribution is -2.47. The van der Waals surface area contributed by atoms with Crippen LogP contribution in [-0.4, -0.2) is 49.6 Å². The number of carbonyl (C=O) groups excluding carboxylic acids is 2. The fourth-order valence-electron chi connectivity index (χ4n) is 3.54. The molecule has 10 nitrogen and oxygen atoms in total. The second-order valence-corrected chi connectivity index (χ2v) is 9.02. The van der Waals surface area contributed by atoms with Gasteiger partial charge in [0.1, 0.15) is 18.1 Å². The summed E-state index contributed by atoms with van der Waals surface area (Å²) in [7, 11) is 0. The molecule has 180 valence electrons. The van der Waals surface area contributed by atoms with Crippen LogP contribution in [0.5, 0.6) is 0 Å². The van der Waals surface area contributed by atoms with Gasteiger partial charge in [-0.3, -0.25) is 9.59 Å². The van der Waals surface area contributed by atoms with E-state index in [2.05, 4.69) is 31.1 Å². The zero-order chi connectivity index (χ0) is 24.6. The van der Waals surface area contributed by atoms with E-state index in [-0.39, 0.29) is 11.6 Å². The molecule has 0 radical (unpaired) electrons. The normalized spacial score (nSPS) is 11.7. The number of halogens is 1. The summed E-state index contributed by atoms with van der Waals surface area (Å²) >= 11 is 7.35. The number of tetrazole rings is 1. The summed E-state index contributed by atoms with van der Waals surface area (Å²) < 4.78 is 1.54. The number of benzene rings is 2. The first-order chi connectivity index (χ1) is 17.0. The van der Waals surface area contributed by atoms with Crippen molar-refractivity contribution in [2.24, 2.45) is 0 Å². The topological polar surface area (TPSA) is 141 Å². The number of hydrogen-bond acceptors (Lipinski definition) is 8. The Bertz CT molecular complexity index is 1280. The highest BCUT2D eigenvalue weighted by molar-refractivity contribution is 7.13. The van der Waals surface area contributed by atoms with Crippen molar-refractivity contribution in [1.29, 1.82) is 0 Å². The standard InChI is InChI=1S/C23H23ClN8O2S/c24-17-7-9-20(32-14-27-30-31-32)16(12-17)10-11-26-21(33)18(8-6-15-4-2-1-3-5-15)28-22(34)19-13-35-23(25)29-19/h1-5,7,9,12-14,18H,6,8,10-11H2,(H2,25,29)(H,26,33)(H,28,34)/t18-/m0/s1. The number of nitrogen functional groups attached to an aromatic ring is 1. The number of nitrogens with two attached hydrogens (primary N) is 1. The third-order valence-corrected chi connectivity index (χ3v) is 6.18. The molecule has 0 unspecified atom stereocenters. The van der Waals surface area contributed by atoms with Gasteiger partial charge in [0.05, 0.1) is 5.69 Å². The highest BCUT2D eigenvalue weighted by Gasteiger charge is 2.22. The Kier molecular flexibility index (Phi) is 8.01. The highest BCUT2D eigenvalue weighted by Crippen LogP contribution is 2.19. The van der Waals surface area contributed by atoms with Crippen LogP contribution in [0.1, 0.15) is 28.0 Å². The number of amides is 2. The van der Waals surface area contributed by atoms with E-state index in [4.69, 9.17) is 17.3 Å². The van der Waals surface area contributed by atoms with Crippen molar-refractivity contribution in [2.45, 2.75) is 25.3 Å². The molecule has 4 N–H and O–H groups in total. The monoisotopic (exact) mass is 510 g/mol. The number of nitrogens with one attached hydrogen (secondary N) is 2. The van der Waals surface area contributed by atoms with Crippen molar-refractivity contribution >= 4 is 39.9 Å². The third-order valence-electron chi connectivity index (χ3n) is 5.27. The lowest BCUT2D eigenvalue weighted by atomic mass is 10.0. The van der Waals surface area contributed by atoms with Crippen molar-refractivity contribution in [3.8, 4) is 5.69 Å². The molecule has 2 heterocycles. The lowest BCUT2D eigenvalue weighted by Gasteiger charge is -2.18. The maximum absolute atomic E-state index is 13.1. The van der Waals surface area contributed by atoms with Gasteiger partial charge < -0.3 is 16.4 Å². The van der Waals surface area contributed by atoms with Gasteiger partial charge in [-0.15, -0.1) is 16.4 Å². The highest BCUT2D eigenvalue weighted by atomic mass is 35.5. The molecule has 0 fully saturated rings. The van der Waals surface area contributed by atoms with Crippen LogP contribution in [0.15, 0.2) is 60.2 Å². The largest absolute Gasteiger partial charge is 0.375 e. The number of aryl methyl sites for hydroxylation is 1. The molecule has 12 heteroatoms. The van der Waals surface area contributed by atoms with Crippen LogP contribution in [0, 0.1) is 0 Å². The second-order valence-electron chi connectivity index (χ2n) is 7.69. The molecule has 4 rings (SSSR count). The smallest absolute Gasteiger partial charge is 0.271 e. The van der Waals surface area contributed by atoms with Crippen LogP contribution in [-0.2, 0) is 17.6 Å². The van der Waals surface area contributed by atoms with Crippen LogP contribution in [0.25, 0.3) is 5.69 Å². The number of rotatable bonds is 10. The van der Waals surface area contributed by atoms with Gasteiger partial charge in [-0.2, -0.15) is 0 Å². The number of hydrogen-bond donors (Lipinski definition) is 3. The van der Waals surface area contributed by atoms with Crippen LogP contribution in [0.2, 0.25) is 5.02 Å². The van der Waals surface area contributed by atoms with E-state index < -0.39 is 11.9 Å². The molecule has 0 bridgehead atoms. The van der Waals surface area contributed by atoms with E-state index in [9.17, 15) is 9.59 Å². The van der Waals surface area contributed by atoms with E-state index in [0.717, 1.165) is 16.8 Å². The van der Waals surface area contributed by atoms with E-state index in [1.54, 1.807) is 11.4 Å². The van der Waals surface area contributed by atoms with Crippen LogP contribution < -0.4 is 16.4 Å². The second kappa shape index (κ2) is 11.5. The molecule has 1 atom stereocenters. The number of thiazole rings is 1. The van der Waals surface area contributed by atoms with Gasteiger partial charge in [0.15, 0.2) is 5.13 Å². The molecule has 4 aromatic rings. The van der Waals surface area contributed by atoms with E-state index >= 15 is 0 Å². The molecule has 0 aliphatic heterocycles. The lowest BCUT2D eigenvalue weighted by molar-refractivity contribution is -0.123. The molecular formula is C23H23ClN8O2S. The van der Waals surface area contributed by atoms with Crippen molar-refractivity contribution in [2.75, 3.05) is 12.3 Å². The molecule has 2 aromatic heterocycles. The first-order valence-corrected chi connectivity index (χ1v) is 12.1. The molecule has 0 aliphatic rings. The summed E-state index contributed by atoms with van der Waals surface area (Å²) in [6.45, 7) is 0.329. The SMILES string of the molecule is Nc1nc(C(=O)N[C@@H](CCc2ccccc2)C(=O)NCCc2cc(Cl)ccc2-n2cnnn2)cs1. The fourth-order valence-corrected chi connectivity index (χ4v) is 4.28. The summed E-state index contributed by atoms with van der Waals surface area (Å²) in [5, 5.41) is 19.4. The maximum Gasteiger partial charge on any atom is 0.271 e. The van der Waals surface area contributed by atoms with Crippen LogP contribution in [0.4, 0.5) is 5.13 Å². The fraction of sp³-hybridized carbons (Fsp3) is 0.217. The minimum Gasteiger partial charge on any atom is -0.375 e. The zero-order valence-corrected chi connectivity index (χ0v) is 20.2.